The van der Waals surface area contributed by atoms with Crippen LogP contribution in [-0.4, -0.2) is 10.9 Å². The van der Waals surface area contributed by atoms with Crippen molar-refractivity contribution in [1.82, 2.24) is 4.98 Å². The van der Waals surface area contributed by atoms with Crippen molar-refractivity contribution < 1.29 is 13.6 Å². The Morgan fingerprint density at radius 2 is 1.87 bits per heavy atom. The monoisotopic (exact) mass is 490 g/mol. The van der Waals surface area contributed by atoms with Crippen molar-refractivity contribution in [1.29, 1.82) is 0 Å². The minimum atomic E-state index is -0.447. The zero-order valence-corrected chi connectivity index (χ0v) is 18.5. The van der Waals surface area contributed by atoms with E-state index in [-0.39, 0.29) is 16.8 Å². The van der Waals surface area contributed by atoms with Crippen LogP contribution in [0.15, 0.2) is 59.0 Å². The summed E-state index contributed by atoms with van der Waals surface area (Å²) in [6.07, 6.45) is 0. The number of halogens is 4. The minimum absolute atomic E-state index is 0.194. The average Bonchev–Trinajstić information content (AvgIpc) is 3.28. The first-order chi connectivity index (χ1) is 14.9. The van der Waals surface area contributed by atoms with Gasteiger partial charge in [0.1, 0.15) is 16.2 Å². The molecule has 1 amide bonds. The highest BCUT2D eigenvalue weighted by molar-refractivity contribution is 7.21. The van der Waals surface area contributed by atoms with Crippen LogP contribution in [0.1, 0.15) is 9.67 Å². The number of rotatable bonds is 3. The van der Waals surface area contributed by atoms with Crippen LogP contribution < -0.4 is 5.32 Å². The van der Waals surface area contributed by atoms with Gasteiger partial charge in [0.15, 0.2) is 5.58 Å². The highest BCUT2D eigenvalue weighted by Crippen LogP contribution is 2.37. The van der Waals surface area contributed by atoms with E-state index >= 15 is 0 Å². The van der Waals surface area contributed by atoms with Crippen LogP contribution in [0, 0.1) is 5.82 Å². The number of aromatic nitrogens is 1. The lowest BCUT2D eigenvalue weighted by molar-refractivity contribution is 0.103. The number of amides is 1. The number of benzene rings is 3. The maximum absolute atomic E-state index is 13.3. The van der Waals surface area contributed by atoms with Crippen LogP contribution >= 0.6 is 46.1 Å². The highest BCUT2D eigenvalue weighted by atomic mass is 35.5. The van der Waals surface area contributed by atoms with E-state index < -0.39 is 5.82 Å². The van der Waals surface area contributed by atoms with Gasteiger partial charge in [0.2, 0.25) is 5.89 Å². The lowest BCUT2D eigenvalue weighted by Gasteiger charge is -2.03. The molecule has 4 nitrogen and oxygen atoms in total. The first-order valence-corrected chi connectivity index (χ1v) is 10.9. The van der Waals surface area contributed by atoms with E-state index in [1.54, 1.807) is 36.4 Å². The van der Waals surface area contributed by atoms with Crippen molar-refractivity contribution in [2.24, 2.45) is 0 Å². The van der Waals surface area contributed by atoms with Gasteiger partial charge in [-0.15, -0.1) is 11.3 Å². The maximum Gasteiger partial charge on any atom is 0.267 e. The number of hydrogen-bond donors (Lipinski definition) is 1. The number of carbonyl (C=O) groups is 1. The summed E-state index contributed by atoms with van der Waals surface area (Å²) in [4.78, 5) is 17.6. The molecule has 31 heavy (non-hydrogen) atoms. The van der Waals surface area contributed by atoms with Crippen LogP contribution in [0.25, 0.3) is 32.6 Å². The quantitative estimate of drug-likeness (QED) is 0.278. The second-order valence-corrected chi connectivity index (χ2v) is 8.94. The largest absolute Gasteiger partial charge is 0.436 e. The molecule has 154 valence electrons. The van der Waals surface area contributed by atoms with Gasteiger partial charge in [-0.05, 0) is 48.5 Å². The van der Waals surface area contributed by atoms with Gasteiger partial charge in [-0.1, -0.05) is 40.9 Å². The second-order valence-electron chi connectivity index (χ2n) is 6.67. The molecule has 0 unspecified atom stereocenters. The summed E-state index contributed by atoms with van der Waals surface area (Å²) >= 11 is 19.8. The number of carbonyl (C=O) groups excluding carboxylic acids is 1. The van der Waals surface area contributed by atoms with E-state index in [1.165, 1.54) is 29.5 Å². The van der Waals surface area contributed by atoms with E-state index in [2.05, 4.69) is 10.3 Å². The Hall–Kier alpha value is -2.64. The molecule has 5 aromatic rings. The van der Waals surface area contributed by atoms with E-state index in [0.29, 0.717) is 37.3 Å². The predicted octanol–water partition coefficient (Wildman–Crippen LogP) is 8.06. The number of anilines is 1. The Kier molecular flexibility index (Phi) is 5.10. The van der Waals surface area contributed by atoms with Crippen molar-refractivity contribution in [3.05, 3.63) is 80.4 Å². The van der Waals surface area contributed by atoms with Crippen molar-refractivity contribution >= 4 is 78.9 Å². The van der Waals surface area contributed by atoms with Gasteiger partial charge in [0.05, 0.1) is 15.6 Å². The summed E-state index contributed by atoms with van der Waals surface area (Å²) < 4.78 is 19.9. The molecular formula is C22H10Cl3FN2O2S. The summed E-state index contributed by atoms with van der Waals surface area (Å²) in [5.74, 6) is -0.531. The van der Waals surface area contributed by atoms with Crippen LogP contribution in [-0.2, 0) is 0 Å². The molecule has 2 aromatic heterocycles. The van der Waals surface area contributed by atoms with E-state index in [9.17, 15) is 9.18 Å². The lowest BCUT2D eigenvalue weighted by Crippen LogP contribution is -2.10. The van der Waals surface area contributed by atoms with Gasteiger partial charge in [0.25, 0.3) is 5.91 Å². The molecule has 0 atom stereocenters. The molecule has 0 saturated carbocycles. The van der Waals surface area contributed by atoms with Gasteiger partial charge in [-0.3, -0.25) is 4.79 Å². The number of hydrogen-bond acceptors (Lipinski definition) is 4. The average molecular weight is 492 g/mol. The van der Waals surface area contributed by atoms with E-state index in [0.717, 1.165) is 10.1 Å². The first-order valence-electron chi connectivity index (χ1n) is 8.94. The predicted molar refractivity (Wildman–Crippen MR) is 124 cm³/mol. The third-order valence-electron chi connectivity index (χ3n) is 4.60. The lowest BCUT2D eigenvalue weighted by atomic mass is 10.2. The number of thiophene rings is 1. The first kappa shape index (κ1) is 20.3. The molecule has 5 rings (SSSR count). The van der Waals surface area contributed by atoms with Gasteiger partial charge < -0.3 is 9.73 Å². The smallest absolute Gasteiger partial charge is 0.267 e. The second kappa shape index (κ2) is 7.80. The Bertz CT molecular complexity index is 1500. The van der Waals surface area contributed by atoms with Gasteiger partial charge in [-0.25, -0.2) is 9.37 Å². The normalized spacial score (nSPS) is 11.4. The Balaban J connectivity index is 1.46. The number of oxazole rings is 1. The molecule has 0 aliphatic rings. The third kappa shape index (κ3) is 3.77. The van der Waals surface area contributed by atoms with E-state index in [1.807, 2.05) is 0 Å². The summed E-state index contributed by atoms with van der Waals surface area (Å²) in [6, 6.07) is 14.3. The van der Waals surface area contributed by atoms with Gasteiger partial charge in [-0.2, -0.15) is 0 Å². The maximum atomic E-state index is 13.3. The third-order valence-corrected chi connectivity index (χ3v) is 6.81. The van der Waals surface area contributed by atoms with E-state index in [4.69, 9.17) is 39.2 Å². The molecule has 3 aromatic carbocycles. The van der Waals surface area contributed by atoms with Gasteiger partial charge in [0, 0.05) is 20.8 Å². The summed E-state index contributed by atoms with van der Waals surface area (Å²) in [5.41, 5.74) is 2.01. The minimum Gasteiger partial charge on any atom is -0.436 e. The fourth-order valence-electron chi connectivity index (χ4n) is 3.16. The van der Waals surface area contributed by atoms with Crippen molar-refractivity contribution in [3.8, 4) is 11.5 Å². The Morgan fingerprint density at radius 1 is 1.03 bits per heavy atom. The molecule has 9 heteroatoms. The van der Waals surface area contributed by atoms with Crippen LogP contribution in [0.4, 0.5) is 10.1 Å². The molecule has 1 N–H and O–H groups in total. The Morgan fingerprint density at radius 3 is 2.68 bits per heavy atom. The number of nitrogens with one attached hydrogen (secondary N) is 1. The molecule has 0 radical (unpaired) electrons. The van der Waals surface area contributed by atoms with Crippen LogP contribution in [0.3, 0.4) is 0 Å². The van der Waals surface area contributed by atoms with Crippen LogP contribution in [0.2, 0.25) is 15.1 Å². The zero-order valence-electron chi connectivity index (χ0n) is 15.4. The van der Waals surface area contributed by atoms with Crippen molar-refractivity contribution in [3.63, 3.8) is 0 Å². The van der Waals surface area contributed by atoms with Crippen molar-refractivity contribution in [2.75, 3.05) is 5.32 Å². The molecule has 0 fully saturated rings. The fraction of sp³-hybridized carbons (Fsp3) is 0. The molecule has 0 aliphatic carbocycles. The number of nitrogens with zero attached hydrogens (tertiary/aromatic N) is 1. The molecule has 2 heterocycles. The molecular weight excluding hydrogens is 482 g/mol. The van der Waals surface area contributed by atoms with Gasteiger partial charge >= 0.3 is 0 Å². The summed E-state index contributed by atoms with van der Waals surface area (Å²) in [5, 5.41) is 4.75. The Labute approximate surface area is 194 Å². The van der Waals surface area contributed by atoms with Crippen LogP contribution in [0.5, 0.6) is 0 Å². The SMILES string of the molecule is O=C(Nc1ccc2oc(-c3ccc(F)cc3Cl)nc2c1)c1sc2cc(Cl)ccc2c1Cl. The summed E-state index contributed by atoms with van der Waals surface area (Å²) in [6.45, 7) is 0. The standard InChI is InChI=1S/C22H10Cl3FN2O2S/c23-10-1-4-14-18(7-10)31-20(19(14)25)21(29)27-12-3-6-17-16(9-12)28-22(30-17)13-5-2-11(26)8-15(13)24/h1-9H,(H,27,29). The fourth-order valence-corrected chi connectivity index (χ4v) is 5.09. The molecule has 0 saturated heterocycles. The number of fused-ring (bicyclic) bond motifs is 2. The molecule has 0 spiro atoms. The topological polar surface area (TPSA) is 55.1 Å². The molecule has 0 aliphatic heterocycles. The molecule has 0 bridgehead atoms. The zero-order chi connectivity index (χ0) is 21.7. The summed E-state index contributed by atoms with van der Waals surface area (Å²) in [7, 11) is 0. The van der Waals surface area contributed by atoms with Crippen molar-refractivity contribution in [2.45, 2.75) is 0 Å². The highest BCUT2D eigenvalue weighted by Gasteiger charge is 2.18.